The number of fused-ring (bicyclic) bond motifs is 1. The molecule has 4 rings (SSSR count). The number of aryl methyl sites for hydroxylation is 1. The Morgan fingerprint density at radius 1 is 1.11 bits per heavy atom. The second-order valence-corrected chi connectivity index (χ2v) is 7.40. The fourth-order valence-electron chi connectivity index (χ4n) is 4.11. The minimum atomic E-state index is -0.0728. The molecule has 0 aliphatic heterocycles. The van der Waals surface area contributed by atoms with Gasteiger partial charge in [-0.05, 0) is 43.0 Å². The Hall–Kier alpha value is -2.85. The van der Waals surface area contributed by atoms with Crippen LogP contribution in [0.1, 0.15) is 47.8 Å². The number of benzene rings is 2. The monoisotopic (exact) mass is 374 g/mol. The molecule has 0 amide bonds. The molecule has 0 bridgehead atoms. The van der Waals surface area contributed by atoms with Gasteiger partial charge in [0.1, 0.15) is 5.76 Å². The first-order valence-electron chi connectivity index (χ1n) is 9.95. The van der Waals surface area contributed by atoms with Crippen LogP contribution in [0.2, 0.25) is 0 Å². The second-order valence-electron chi connectivity index (χ2n) is 7.40. The molecule has 1 atom stereocenters. The van der Waals surface area contributed by atoms with Crippen molar-refractivity contribution in [2.24, 2.45) is 0 Å². The van der Waals surface area contributed by atoms with E-state index in [1.54, 1.807) is 0 Å². The fourth-order valence-corrected chi connectivity index (χ4v) is 4.11. The molecule has 0 spiro atoms. The van der Waals surface area contributed by atoms with Crippen molar-refractivity contribution in [1.29, 1.82) is 0 Å². The molecule has 1 aliphatic carbocycles. The molecule has 144 valence electrons. The van der Waals surface area contributed by atoms with Gasteiger partial charge in [-0.25, -0.2) is 0 Å². The maximum absolute atomic E-state index is 12.1. The minimum absolute atomic E-state index is 0.0728. The smallest absolute Gasteiger partial charge is 0.284 e. The van der Waals surface area contributed by atoms with Gasteiger partial charge in [-0.1, -0.05) is 66.7 Å². The van der Waals surface area contributed by atoms with E-state index in [1.807, 2.05) is 12.1 Å². The van der Waals surface area contributed by atoms with Gasteiger partial charge in [0, 0.05) is 19.0 Å². The predicted molar refractivity (Wildman–Crippen MR) is 112 cm³/mol. The van der Waals surface area contributed by atoms with Crippen molar-refractivity contribution in [3.63, 3.8) is 0 Å². The summed E-state index contributed by atoms with van der Waals surface area (Å²) in [7, 11) is 2.10. The van der Waals surface area contributed by atoms with Crippen molar-refractivity contribution in [2.45, 2.75) is 31.7 Å². The third-order valence-electron chi connectivity index (χ3n) is 5.56. The second kappa shape index (κ2) is 8.44. The molecule has 0 saturated heterocycles. The van der Waals surface area contributed by atoms with Crippen LogP contribution in [-0.4, -0.2) is 23.6 Å². The van der Waals surface area contributed by atoms with E-state index in [0.29, 0.717) is 0 Å². The van der Waals surface area contributed by atoms with Crippen molar-refractivity contribution < 1.29 is 4.52 Å². The first-order chi connectivity index (χ1) is 13.7. The molecule has 4 heteroatoms. The maximum atomic E-state index is 12.1. The minimum Gasteiger partial charge on any atom is -0.383 e. The van der Waals surface area contributed by atoms with Gasteiger partial charge in [-0.15, -0.1) is 0 Å². The average Bonchev–Trinajstić information content (AvgIpc) is 3.13. The molecule has 1 N–H and O–H groups in total. The lowest BCUT2D eigenvalue weighted by Crippen LogP contribution is -2.31. The summed E-state index contributed by atoms with van der Waals surface area (Å²) in [6, 6.07) is 21.1. The highest BCUT2D eigenvalue weighted by Crippen LogP contribution is 2.31. The van der Waals surface area contributed by atoms with E-state index in [-0.39, 0.29) is 11.6 Å². The van der Waals surface area contributed by atoms with E-state index < -0.39 is 0 Å². The molecule has 1 heterocycles. The zero-order valence-electron chi connectivity index (χ0n) is 16.2. The van der Waals surface area contributed by atoms with Crippen molar-refractivity contribution in [1.82, 2.24) is 10.1 Å². The number of aromatic nitrogens is 1. The van der Waals surface area contributed by atoms with E-state index in [1.165, 1.54) is 16.7 Å². The lowest BCUT2D eigenvalue weighted by atomic mass is 9.92. The number of hydrogen-bond acceptors (Lipinski definition) is 3. The summed E-state index contributed by atoms with van der Waals surface area (Å²) in [4.78, 5) is 14.4. The van der Waals surface area contributed by atoms with Crippen LogP contribution < -0.4 is 5.56 Å². The van der Waals surface area contributed by atoms with Crippen molar-refractivity contribution in [3.05, 3.63) is 99.5 Å². The fraction of sp³-hybridized carbons (Fsp3) is 0.292. The van der Waals surface area contributed by atoms with Gasteiger partial charge < -0.3 is 4.52 Å². The largest absolute Gasteiger partial charge is 0.383 e. The third kappa shape index (κ3) is 3.87. The summed E-state index contributed by atoms with van der Waals surface area (Å²) in [6.07, 6.45) is 6.13. The summed E-state index contributed by atoms with van der Waals surface area (Å²) < 4.78 is 5.35. The molecule has 1 aliphatic rings. The van der Waals surface area contributed by atoms with E-state index in [9.17, 15) is 4.79 Å². The van der Waals surface area contributed by atoms with Gasteiger partial charge in [0.15, 0.2) is 0 Å². The van der Waals surface area contributed by atoms with Crippen LogP contribution in [0.15, 0.2) is 76.1 Å². The van der Waals surface area contributed by atoms with Crippen LogP contribution >= 0.6 is 0 Å². The average molecular weight is 374 g/mol. The standard InChI is InChI=1S/C24H26N2O2/c1-26(21-15-8-16-22-23(21)24(27)25-28-22)17-9-14-20(18-10-4-2-5-11-18)19-12-6-3-7-13-19/h2-7,10-14,21H,8-9,15-17H2,1H3,(H,25,27)/t21-/m1/s1. The van der Waals surface area contributed by atoms with E-state index >= 15 is 0 Å². The van der Waals surface area contributed by atoms with Gasteiger partial charge >= 0.3 is 0 Å². The molecule has 3 aromatic rings. The molecule has 0 radical (unpaired) electrons. The quantitative estimate of drug-likeness (QED) is 0.674. The summed E-state index contributed by atoms with van der Waals surface area (Å²) in [5.41, 5.74) is 4.45. The van der Waals surface area contributed by atoms with Crippen LogP contribution in [0.5, 0.6) is 0 Å². The van der Waals surface area contributed by atoms with Crippen LogP contribution in [0.25, 0.3) is 5.57 Å². The van der Waals surface area contributed by atoms with Crippen molar-refractivity contribution >= 4 is 5.57 Å². The van der Waals surface area contributed by atoms with E-state index in [2.05, 4.69) is 71.7 Å². The number of aromatic amines is 1. The summed E-state index contributed by atoms with van der Waals surface area (Å²) in [5, 5.41) is 2.51. The Morgan fingerprint density at radius 3 is 2.39 bits per heavy atom. The zero-order valence-corrected chi connectivity index (χ0v) is 16.2. The Morgan fingerprint density at radius 2 is 1.75 bits per heavy atom. The Kier molecular flexibility index (Phi) is 5.58. The van der Waals surface area contributed by atoms with Crippen LogP contribution in [0, 0.1) is 0 Å². The Bertz CT molecular complexity index is 945. The van der Waals surface area contributed by atoms with Gasteiger partial charge in [0.2, 0.25) is 0 Å². The first-order valence-corrected chi connectivity index (χ1v) is 9.95. The number of nitrogens with zero attached hydrogens (tertiary/aromatic N) is 1. The van der Waals surface area contributed by atoms with Gasteiger partial charge in [-0.2, -0.15) is 5.16 Å². The van der Waals surface area contributed by atoms with Gasteiger partial charge in [0.05, 0.1) is 5.56 Å². The highest BCUT2D eigenvalue weighted by molar-refractivity contribution is 5.79. The molecule has 28 heavy (non-hydrogen) atoms. The molecule has 2 aromatic carbocycles. The molecule has 4 nitrogen and oxygen atoms in total. The van der Waals surface area contributed by atoms with Gasteiger partial charge in [0.25, 0.3) is 5.56 Å². The molecule has 0 fully saturated rings. The Labute approximate surface area is 165 Å². The molecule has 0 unspecified atom stereocenters. The van der Waals surface area contributed by atoms with Gasteiger partial charge in [-0.3, -0.25) is 9.69 Å². The number of hydrogen-bond donors (Lipinski definition) is 1. The maximum Gasteiger partial charge on any atom is 0.284 e. The number of rotatable bonds is 6. The normalized spacial score (nSPS) is 16.0. The van der Waals surface area contributed by atoms with E-state index in [4.69, 9.17) is 4.52 Å². The lowest BCUT2D eigenvalue weighted by molar-refractivity contribution is 0.217. The number of nitrogens with one attached hydrogen (secondary N) is 1. The molecule has 1 aromatic heterocycles. The van der Waals surface area contributed by atoms with Crippen molar-refractivity contribution in [2.75, 3.05) is 13.6 Å². The highest BCUT2D eigenvalue weighted by Gasteiger charge is 2.29. The van der Waals surface area contributed by atoms with Crippen LogP contribution in [0.3, 0.4) is 0 Å². The molecular weight excluding hydrogens is 348 g/mol. The SMILES string of the molecule is CN(CCC=C(c1ccccc1)c1ccccc1)[C@@H]1CCCc2o[nH]c(=O)c21. The third-order valence-corrected chi connectivity index (χ3v) is 5.56. The molecular formula is C24H26N2O2. The Balaban J connectivity index is 1.52. The summed E-state index contributed by atoms with van der Waals surface area (Å²) in [5.74, 6) is 0.831. The van der Waals surface area contributed by atoms with Crippen LogP contribution in [-0.2, 0) is 6.42 Å². The lowest BCUT2D eigenvalue weighted by Gasteiger charge is -2.29. The zero-order chi connectivity index (χ0) is 19.3. The van der Waals surface area contributed by atoms with Crippen molar-refractivity contribution in [3.8, 4) is 0 Å². The topological polar surface area (TPSA) is 49.2 Å². The molecule has 0 saturated carbocycles. The highest BCUT2D eigenvalue weighted by atomic mass is 16.5. The first kappa shape index (κ1) is 18.5. The van der Waals surface area contributed by atoms with E-state index in [0.717, 1.165) is 43.6 Å². The predicted octanol–water partition coefficient (Wildman–Crippen LogP) is 4.80. The number of H-pyrrole nitrogens is 1. The summed E-state index contributed by atoms with van der Waals surface area (Å²) in [6.45, 7) is 0.887. The summed E-state index contributed by atoms with van der Waals surface area (Å²) >= 11 is 0. The van der Waals surface area contributed by atoms with Crippen LogP contribution in [0.4, 0.5) is 0 Å².